The van der Waals surface area contributed by atoms with Crippen LogP contribution in [-0.2, 0) is 19.2 Å². The van der Waals surface area contributed by atoms with Crippen molar-refractivity contribution in [2.45, 2.75) is 85.5 Å². The van der Waals surface area contributed by atoms with Gasteiger partial charge in [-0.15, -0.1) is 0 Å². The Morgan fingerprint density at radius 2 is 0.630 bits per heavy atom. The molecule has 0 amide bonds. The first-order chi connectivity index (χ1) is 21.2. The van der Waals surface area contributed by atoms with Gasteiger partial charge in [0.2, 0.25) is 0 Å². The maximum atomic E-state index is 10.5. The van der Waals surface area contributed by atoms with Gasteiger partial charge in [0, 0.05) is 0 Å². The first-order valence-electron chi connectivity index (χ1n) is 12.7. The number of hydrogen-bond acceptors (Lipinski definition) is 23. The SMILES string of the molecule is O=C(CO)[C@@H](O)[C@H](O)[C@H](O)CO.O=C[C@@H](O)[C@@H](O)[C@H](O)[C@H](O)CO.O=C[C@H](O)[C@@H](O)[C@@H](O)[C@H](O)CO.O=C[C@H](O)[C@@H](O)[C@H](O)CO. The summed E-state index contributed by atoms with van der Waals surface area (Å²) in [5, 5.41) is 164. The largest absolute Gasteiger partial charge is 0.394 e. The third kappa shape index (κ3) is 20.9. The number of aliphatic hydroxyl groups is 19. The summed E-state index contributed by atoms with van der Waals surface area (Å²) < 4.78 is 0. The Kier molecular flexibility index (Phi) is 32.1. The highest BCUT2D eigenvalue weighted by molar-refractivity contribution is 5.84. The molecule has 0 saturated heterocycles. The molecule has 0 aromatic carbocycles. The van der Waals surface area contributed by atoms with Crippen molar-refractivity contribution in [3.05, 3.63) is 0 Å². The van der Waals surface area contributed by atoms with Crippen LogP contribution in [0.2, 0.25) is 0 Å². The van der Waals surface area contributed by atoms with Crippen molar-refractivity contribution < 1.29 is 116 Å². The highest BCUT2D eigenvalue weighted by Gasteiger charge is 2.31. The minimum Gasteiger partial charge on any atom is -0.394 e. The van der Waals surface area contributed by atoms with Crippen molar-refractivity contribution in [3.63, 3.8) is 0 Å². The molecule has 23 nitrogen and oxygen atoms in total. The fourth-order valence-electron chi connectivity index (χ4n) is 2.25. The Labute approximate surface area is 260 Å². The van der Waals surface area contributed by atoms with E-state index in [2.05, 4.69) is 0 Å². The number of aldehydes is 3. The van der Waals surface area contributed by atoms with E-state index in [0.29, 0.717) is 0 Å². The standard InChI is InChI=1S/3C6H12O6.C5H10O5/c3*7-1-3(9)5(11)6(12)4(10)2-8;6-1-3(8)5(10)4(9)2-7/h3,5-9,11-12H,1-2H2;2*1,3-6,8-12H,2H2;1,3-5,7-10H,2H2/t3-,5-,6-;3-,4+,5+,6-;3-,4-,5-,6-;3-,4+,5+/m1010/s1. The second kappa shape index (κ2) is 29.1. The fraction of sp³-hybridized carbons (Fsp3) is 0.826. The third-order valence-corrected chi connectivity index (χ3v) is 5.30. The molecule has 46 heavy (non-hydrogen) atoms. The zero-order valence-corrected chi connectivity index (χ0v) is 24.0. The number of carbonyl (C=O) groups excluding carboxylic acids is 4. The van der Waals surface area contributed by atoms with Crippen molar-refractivity contribution in [1.82, 2.24) is 0 Å². The van der Waals surface area contributed by atoms with E-state index in [0.717, 1.165) is 0 Å². The van der Waals surface area contributed by atoms with Gasteiger partial charge in [0.15, 0.2) is 24.6 Å². The van der Waals surface area contributed by atoms with Gasteiger partial charge in [-0.25, -0.2) is 0 Å². The van der Waals surface area contributed by atoms with Crippen LogP contribution in [0.25, 0.3) is 0 Å². The van der Waals surface area contributed by atoms with Crippen LogP contribution in [0, 0.1) is 0 Å². The van der Waals surface area contributed by atoms with E-state index in [1.165, 1.54) is 0 Å². The van der Waals surface area contributed by atoms with Gasteiger partial charge < -0.3 is 111 Å². The first kappa shape index (κ1) is 50.8. The zero-order valence-electron chi connectivity index (χ0n) is 24.0. The smallest absolute Gasteiger partial charge is 0.189 e. The Bertz CT molecular complexity index is 742. The number of aliphatic hydroxyl groups excluding tert-OH is 19. The summed E-state index contributed by atoms with van der Waals surface area (Å²) in [6.45, 7) is -3.90. The lowest BCUT2D eigenvalue weighted by molar-refractivity contribution is -0.142. The highest BCUT2D eigenvalue weighted by Crippen LogP contribution is 2.04. The topological polar surface area (TPSA) is 453 Å². The molecule has 0 rings (SSSR count). The maximum absolute atomic E-state index is 10.5. The Balaban J connectivity index is -0.000000256. The van der Waals surface area contributed by atoms with Crippen LogP contribution >= 0.6 is 0 Å². The molecule has 0 aliphatic heterocycles. The second-order valence-corrected chi connectivity index (χ2v) is 8.89. The van der Waals surface area contributed by atoms with Gasteiger partial charge in [-0.1, -0.05) is 0 Å². The lowest BCUT2D eigenvalue weighted by atomic mass is 10.0. The van der Waals surface area contributed by atoms with Crippen LogP contribution in [-0.4, -0.2) is 240 Å². The molecule has 0 aromatic heterocycles. The molecule has 0 radical (unpaired) electrons. The second-order valence-electron chi connectivity index (χ2n) is 8.89. The lowest BCUT2D eigenvalue weighted by Crippen LogP contribution is -2.46. The van der Waals surface area contributed by atoms with Gasteiger partial charge >= 0.3 is 0 Å². The van der Waals surface area contributed by atoms with Crippen LogP contribution in [0.3, 0.4) is 0 Å². The van der Waals surface area contributed by atoms with Crippen LogP contribution in [0.4, 0.5) is 0 Å². The van der Waals surface area contributed by atoms with Crippen molar-refractivity contribution in [3.8, 4) is 0 Å². The van der Waals surface area contributed by atoms with Gasteiger partial charge in [0.1, 0.15) is 92.1 Å². The van der Waals surface area contributed by atoms with Gasteiger partial charge in [0.05, 0.1) is 26.4 Å². The van der Waals surface area contributed by atoms with Crippen LogP contribution in [0.5, 0.6) is 0 Å². The molecule has 276 valence electrons. The number of rotatable bonds is 19. The first-order valence-corrected chi connectivity index (χ1v) is 12.7. The molecule has 0 aliphatic rings. The summed E-state index contributed by atoms with van der Waals surface area (Å²) in [7, 11) is 0. The van der Waals surface area contributed by atoms with Crippen molar-refractivity contribution in [2.24, 2.45) is 0 Å². The number of carbonyl (C=O) groups is 4. The lowest BCUT2D eigenvalue weighted by Gasteiger charge is -2.22. The van der Waals surface area contributed by atoms with Gasteiger partial charge in [-0.2, -0.15) is 0 Å². The molecule has 14 atom stereocenters. The van der Waals surface area contributed by atoms with E-state index in [-0.39, 0.29) is 18.9 Å². The summed E-state index contributed by atoms with van der Waals surface area (Å²) in [6.07, 6.45) is -23.5. The highest BCUT2D eigenvalue weighted by atomic mass is 16.4. The predicted molar refractivity (Wildman–Crippen MR) is 143 cm³/mol. The minimum atomic E-state index is -1.86. The molecule has 0 aliphatic carbocycles. The summed E-state index contributed by atoms with van der Waals surface area (Å²) in [5.41, 5.74) is 0. The third-order valence-electron chi connectivity index (χ3n) is 5.30. The van der Waals surface area contributed by atoms with E-state index in [9.17, 15) is 19.2 Å². The fourth-order valence-corrected chi connectivity index (χ4v) is 2.25. The van der Waals surface area contributed by atoms with Gasteiger partial charge in [-0.05, 0) is 0 Å². The normalized spacial score (nSPS) is 20.1. The molecule has 23 heteroatoms. The van der Waals surface area contributed by atoms with Crippen LogP contribution in [0.15, 0.2) is 0 Å². The average Bonchev–Trinajstić information content (AvgIpc) is 3.09. The van der Waals surface area contributed by atoms with Crippen molar-refractivity contribution >= 4 is 24.6 Å². The van der Waals surface area contributed by atoms with Gasteiger partial charge in [0.25, 0.3) is 0 Å². The Morgan fingerprint density at radius 1 is 0.391 bits per heavy atom. The Morgan fingerprint density at radius 3 is 0.870 bits per heavy atom. The minimum absolute atomic E-state index is 0.0258. The summed E-state index contributed by atoms with van der Waals surface area (Å²) in [6, 6.07) is 0. The number of Topliss-reactive ketones (excluding diaryl/α,β-unsaturated/α-hetero) is 1. The molecule has 0 heterocycles. The number of ketones is 1. The summed E-state index contributed by atoms with van der Waals surface area (Å²) in [5.74, 6) is -1.00. The monoisotopic (exact) mass is 690 g/mol. The number of hydrogen-bond donors (Lipinski definition) is 19. The van der Waals surface area contributed by atoms with E-state index in [4.69, 9.17) is 97.0 Å². The molecule has 0 spiro atoms. The van der Waals surface area contributed by atoms with Crippen molar-refractivity contribution in [1.29, 1.82) is 0 Å². The van der Waals surface area contributed by atoms with Crippen molar-refractivity contribution in [2.75, 3.05) is 33.0 Å². The van der Waals surface area contributed by atoms with E-state index < -0.39 is 124 Å². The van der Waals surface area contributed by atoms with Gasteiger partial charge in [-0.3, -0.25) is 4.79 Å². The molecule has 0 bridgehead atoms. The maximum Gasteiger partial charge on any atom is 0.189 e. The van der Waals surface area contributed by atoms with Crippen LogP contribution < -0.4 is 0 Å². The molecular formula is C23H46O23. The van der Waals surface area contributed by atoms with E-state index in [1.54, 1.807) is 0 Å². The average molecular weight is 691 g/mol. The molecule has 19 N–H and O–H groups in total. The molecule has 0 unspecified atom stereocenters. The van der Waals surface area contributed by atoms with E-state index >= 15 is 0 Å². The quantitative estimate of drug-likeness (QED) is 0.0559. The summed E-state index contributed by atoms with van der Waals surface area (Å²) in [4.78, 5) is 40.1. The summed E-state index contributed by atoms with van der Waals surface area (Å²) >= 11 is 0. The zero-order chi connectivity index (χ0) is 37.3. The predicted octanol–water partition coefficient (Wildman–Crippen LogP) is -12.9. The molecule has 0 fully saturated rings. The van der Waals surface area contributed by atoms with E-state index in [1.807, 2.05) is 0 Å². The molecule has 0 saturated carbocycles. The molecular weight excluding hydrogens is 644 g/mol. The Hall–Kier alpha value is -2.08. The van der Waals surface area contributed by atoms with Crippen LogP contribution in [0.1, 0.15) is 0 Å². The molecule has 0 aromatic rings.